The van der Waals surface area contributed by atoms with Gasteiger partial charge in [-0.15, -0.1) is 11.3 Å². The summed E-state index contributed by atoms with van der Waals surface area (Å²) in [4.78, 5) is 2.84. The number of hydrogen-bond donors (Lipinski definition) is 1. The van der Waals surface area contributed by atoms with E-state index in [0.29, 0.717) is 6.04 Å². The van der Waals surface area contributed by atoms with Gasteiger partial charge in [0.25, 0.3) is 0 Å². The van der Waals surface area contributed by atoms with Crippen LogP contribution in [-0.2, 0) is 5.41 Å². The third-order valence-electron chi connectivity index (χ3n) is 4.39. The highest BCUT2D eigenvalue weighted by molar-refractivity contribution is 9.10. The summed E-state index contributed by atoms with van der Waals surface area (Å²) in [5, 5.41) is 3.82. The van der Waals surface area contributed by atoms with Gasteiger partial charge in [-0.25, -0.2) is 0 Å². The van der Waals surface area contributed by atoms with Gasteiger partial charge in [0.2, 0.25) is 0 Å². The first kappa shape index (κ1) is 15.3. The van der Waals surface area contributed by atoms with Crippen molar-refractivity contribution in [2.24, 2.45) is 0 Å². The first-order valence-electron chi connectivity index (χ1n) is 7.72. The molecule has 0 aliphatic heterocycles. The van der Waals surface area contributed by atoms with E-state index in [-0.39, 0.29) is 5.41 Å². The third kappa shape index (κ3) is 2.96. The van der Waals surface area contributed by atoms with E-state index < -0.39 is 0 Å². The van der Waals surface area contributed by atoms with Crippen LogP contribution in [0.25, 0.3) is 0 Å². The zero-order chi connectivity index (χ0) is 14.9. The van der Waals surface area contributed by atoms with Crippen molar-refractivity contribution in [3.63, 3.8) is 0 Å². The fourth-order valence-corrected chi connectivity index (χ4v) is 5.25. The molecule has 0 amide bonds. The largest absolute Gasteiger partial charge is 0.308 e. The van der Waals surface area contributed by atoms with Crippen molar-refractivity contribution in [1.29, 1.82) is 0 Å². The third-order valence-corrected chi connectivity index (χ3v) is 6.42. The first-order chi connectivity index (χ1) is 10.2. The van der Waals surface area contributed by atoms with Gasteiger partial charge in [-0.1, -0.05) is 37.3 Å². The lowest BCUT2D eigenvalue weighted by atomic mass is 9.87. The molecule has 1 heterocycles. The average molecular weight is 364 g/mol. The second-order valence-electron chi connectivity index (χ2n) is 5.98. The van der Waals surface area contributed by atoms with Gasteiger partial charge in [0.15, 0.2) is 0 Å². The molecule has 1 aliphatic carbocycles. The maximum Gasteiger partial charge on any atom is 0.0524 e. The monoisotopic (exact) mass is 363 g/mol. The van der Waals surface area contributed by atoms with Crippen molar-refractivity contribution in [2.75, 3.05) is 6.54 Å². The van der Waals surface area contributed by atoms with Crippen LogP contribution in [0.4, 0.5) is 0 Å². The van der Waals surface area contributed by atoms with E-state index in [9.17, 15) is 0 Å². The van der Waals surface area contributed by atoms with Crippen LogP contribution in [0.1, 0.15) is 47.5 Å². The lowest BCUT2D eigenvalue weighted by Crippen LogP contribution is -2.32. The van der Waals surface area contributed by atoms with Crippen LogP contribution in [0, 0.1) is 6.92 Å². The first-order valence-corrected chi connectivity index (χ1v) is 9.33. The van der Waals surface area contributed by atoms with Gasteiger partial charge in [-0.05, 0) is 60.3 Å². The van der Waals surface area contributed by atoms with Crippen molar-refractivity contribution in [3.8, 4) is 0 Å². The number of nitrogens with one attached hydrogen (secondary N) is 1. The zero-order valence-corrected chi connectivity index (χ0v) is 15.1. The van der Waals surface area contributed by atoms with E-state index in [1.165, 1.54) is 39.1 Å². The Labute approximate surface area is 139 Å². The van der Waals surface area contributed by atoms with Crippen LogP contribution < -0.4 is 5.32 Å². The smallest absolute Gasteiger partial charge is 0.0524 e. The zero-order valence-electron chi connectivity index (χ0n) is 12.7. The van der Waals surface area contributed by atoms with Crippen LogP contribution >= 0.6 is 27.3 Å². The summed E-state index contributed by atoms with van der Waals surface area (Å²) in [7, 11) is 0. The molecule has 1 unspecified atom stereocenters. The van der Waals surface area contributed by atoms with Gasteiger partial charge in [0, 0.05) is 19.6 Å². The second-order valence-corrected chi connectivity index (χ2v) is 8.12. The molecule has 112 valence electrons. The number of hydrogen-bond acceptors (Lipinski definition) is 2. The van der Waals surface area contributed by atoms with Crippen LogP contribution in [-0.4, -0.2) is 6.54 Å². The predicted octanol–water partition coefficient (Wildman–Crippen LogP) is 5.59. The molecule has 1 fully saturated rings. The summed E-state index contributed by atoms with van der Waals surface area (Å²) in [5.41, 5.74) is 1.77. The highest BCUT2D eigenvalue weighted by atomic mass is 79.9. The molecular weight excluding hydrogens is 342 g/mol. The van der Waals surface area contributed by atoms with Crippen LogP contribution in [0.15, 0.2) is 40.9 Å². The van der Waals surface area contributed by atoms with Gasteiger partial charge in [0.05, 0.1) is 6.04 Å². The lowest BCUT2D eigenvalue weighted by molar-refractivity contribution is 0.434. The Morgan fingerprint density at radius 3 is 2.52 bits per heavy atom. The van der Waals surface area contributed by atoms with Gasteiger partial charge in [-0.3, -0.25) is 0 Å². The Bertz CT molecular complexity index is 601. The highest BCUT2D eigenvalue weighted by Gasteiger charge is 2.51. The Hall–Kier alpha value is -0.640. The van der Waals surface area contributed by atoms with E-state index >= 15 is 0 Å². The number of rotatable bonds is 6. The van der Waals surface area contributed by atoms with Crippen LogP contribution in [0.2, 0.25) is 0 Å². The minimum absolute atomic E-state index is 0.288. The van der Waals surface area contributed by atoms with Gasteiger partial charge in [-0.2, -0.15) is 0 Å². The van der Waals surface area contributed by atoms with E-state index in [2.05, 4.69) is 71.5 Å². The Morgan fingerprint density at radius 2 is 2.00 bits per heavy atom. The molecule has 3 heteroatoms. The predicted molar refractivity (Wildman–Crippen MR) is 95.1 cm³/mol. The fraction of sp³-hybridized carbons (Fsp3) is 0.444. The van der Waals surface area contributed by atoms with Crippen molar-refractivity contribution >= 4 is 27.3 Å². The standard InChI is InChI=1S/C18H22BrNS/c1-3-11-20-17(16-15(19)12-13(2)21-16)18(9-10-18)14-7-5-4-6-8-14/h4-8,12,17,20H,3,9-11H2,1-2H3. The van der Waals surface area contributed by atoms with Gasteiger partial charge in [0.1, 0.15) is 0 Å². The van der Waals surface area contributed by atoms with Crippen molar-refractivity contribution in [3.05, 3.63) is 56.2 Å². The molecule has 1 atom stereocenters. The number of aryl methyl sites for hydroxylation is 1. The van der Waals surface area contributed by atoms with Gasteiger partial charge >= 0.3 is 0 Å². The minimum atomic E-state index is 0.288. The molecule has 21 heavy (non-hydrogen) atoms. The Morgan fingerprint density at radius 1 is 1.29 bits per heavy atom. The molecular formula is C18H22BrNS. The van der Waals surface area contributed by atoms with Crippen molar-refractivity contribution in [2.45, 2.75) is 44.6 Å². The maximum atomic E-state index is 3.82. The second kappa shape index (κ2) is 6.23. The molecule has 1 saturated carbocycles. The van der Waals surface area contributed by atoms with Crippen molar-refractivity contribution in [1.82, 2.24) is 5.32 Å². The minimum Gasteiger partial charge on any atom is -0.308 e. The van der Waals surface area contributed by atoms with E-state index in [1.54, 1.807) is 0 Å². The Balaban J connectivity index is 1.98. The molecule has 0 bridgehead atoms. The molecule has 1 aliphatic rings. The summed E-state index contributed by atoms with van der Waals surface area (Å²) in [5.74, 6) is 0. The molecule has 3 rings (SSSR count). The molecule has 0 spiro atoms. The number of halogens is 1. The quantitative estimate of drug-likeness (QED) is 0.704. The summed E-state index contributed by atoms with van der Waals surface area (Å²) in [6.07, 6.45) is 3.73. The molecule has 0 saturated heterocycles. The molecule has 1 aromatic heterocycles. The van der Waals surface area contributed by atoms with E-state index in [1.807, 2.05) is 11.3 Å². The topological polar surface area (TPSA) is 12.0 Å². The van der Waals surface area contributed by atoms with E-state index in [4.69, 9.17) is 0 Å². The number of thiophene rings is 1. The van der Waals surface area contributed by atoms with Gasteiger partial charge < -0.3 is 5.32 Å². The molecule has 0 radical (unpaired) electrons. The molecule has 1 nitrogen and oxygen atoms in total. The van der Waals surface area contributed by atoms with Crippen LogP contribution in [0.3, 0.4) is 0 Å². The fourth-order valence-electron chi connectivity index (χ4n) is 3.17. The average Bonchev–Trinajstić information content (AvgIpc) is 3.22. The van der Waals surface area contributed by atoms with Crippen molar-refractivity contribution < 1.29 is 0 Å². The molecule has 1 aromatic carbocycles. The maximum absolute atomic E-state index is 3.82. The summed E-state index contributed by atoms with van der Waals surface area (Å²) in [6, 6.07) is 13.7. The Kier molecular flexibility index (Phi) is 4.53. The summed E-state index contributed by atoms with van der Waals surface area (Å²) < 4.78 is 1.26. The normalized spacial score (nSPS) is 17.7. The molecule has 1 N–H and O–H groups in total. The lowest BCUT2D eigenvalue weighted by Gasteiger charge is -2.28. The van der Waals surface area contributed by atoms with Crippen LogP contribution in [0.5, 0.6) is 0 Å². The SMILES string of the molecule is CCCNC(c1sc(C)cc1Br)C1(c2ccccc2)CC1. The number of benzene rings is 1. The highest BCUT2D eigenvalue weighted by Crippen LogP contribution is 2.58. The molecule has 2 aromatic rings. The van der Waals surface area contributed by atoms with E-state index in [0.717, 1.165) is 6.54 Å². The summed E-state index contributed by atoms with van der Waals surface area (Å²) in [6.45, 7) is 5.50. The summed E-state index contributed by atoms with van der Waals surface area (Å²) >= 11 is 5.70.